The molecule has 0 aliphatic carbocycles. The van der Waals surface area contributed by atoms with Crippen molar-refractivity contribution in [2.45, 2.75) is 38.1 Å². The number of nitrogens with one attached hydrogen (secondary N) is 1. The van der Waals surface area contributed by atoms with E-state index in [0.717, 1.165) is 51.7 Å². The Hall–Kier alpha value is -1.10. The van der Waals surface area contributed by atoms with Crippen LogP contribution in [0.15, 0.2) is 0 Å². The lowest BCUT2D eigenvalue weighted by Crippen LogP contribution is -2.48. The Morgan fingerprint density at radius 2 is 1.89 bits per heavy atom. The summed E-state index contributed by atoms with van der Waals surface area (Å²) in [6.45, 7) is 2.69. The van der Waals surface area contributed by atoms with Crippen LogP contribution in [0.2, 0.25) is 0 Å². The molecule has 0 bridgehead atoms. The zero-order valence-corrected chi connectivity index (χ0v) is 11.2. The first-order valence-corrected chi connectivity index (χ1v) is 6.96. The highest BCUT2D eigenvalue weighted by molar-refractivity contribution is 5.87. The van der Waals surface area contributed by atoms with Crippen LogP contribution in [0.1, 0.15) is 32.1 Å². The van der Waals surface area contributed by atoms with E-state index in [1.54, 1.807) is 4.90 Å². The van der Waals surface area contributed by atoms with Crippen LogP contribution in [0.25, 0.3) is 0 Å². The molecular formula is C13H23N3O2. The van der Waals surface area contributed by atoms with E-state index >= 15 is 0 Å². The Morgan fingerprint density at radius 1 is 1.22 bits per heavy atom. The highest BCUT2D eigenvalue weighted by Gasteiger charge is 2.28. The summed E-state index contributed by atoms with van der Waals surface area (Å²) in [6.07, 6.45) is 5.12. The molecule has 0 aromatic heterocycles. The Balaban J connectivity index is 1.93. The van der Waals surface area contributed by atoms with Gasteiger partial charge in [0.2, 0.25) is 11.8 Å². The van der Waals surface area contributed by atoms with Gasteiger partial charge in [-0.25, -0.2) is 0 Å². The normalized spacial score (nSPS) is 25.4. The third-order valence-electron chi connectivity index (χ3n) is 3.91. The van der Waals surface area contributed by atoms with Gasteiger partial charge in [0.1, 0.15) is 0 Å². The number of carbonyl (C=O) groups is 2. The molecule has 5 nitrogen and oxygen atoms in total. The second-order valence-electron chi connectivity index (χ2n) is 5.18. The smallest absolute Gasteiger partial charge is 0.242 e. The van der Waals surface area contributed by atoms with Crippen molar-refractivity contribution in [3.63, 3.8) is 0 Å². The van der Waals surface area contributed by atoms with Gasteiger partial charge in [-0.05, 0) is 39.2 Å². The Kier molecular flexibility index (Phi) is 4.58. The molecule has 0 aromatic carbocycles. The minimum atomic E-state index is -0.112. The SMILES string of the molecule is CNC1CCCCN(CC(=O)N2CCCC2)C1=O. The molecule has 2 saturated heterocycles. The third-order valence-corrected chi connectivity index (χ3v) is 3.91. The van der Waals surface area contributed by atoms with Crippen molar-refractivity contribution >= 4 is 11.8 Å². The summed E-state index contributed by atoms with van der Waals surface area (Å²) in [5, 5.41) is 3.05. The van der Waals surface area contributed by atoms with E-state index in [-0.39, 0.29) is 24.4 Å². The highest BCUT2D eigenvalue weighted by atomic mass is 16.2. The fraction of sp³-hybridized carbons (Fsp3) is 0.846. The molecular weight excluding hydrogens is 230 g/mol. The lowest BCUT2D eigenvalue weighted by atomic mass is 10.1. The van der Waals surface area contributed by atoms with Gasteiger partial charge >= 0.3 is 0 Å². The van der Waals surface area contributed by atoms with Crippen LogP contribution < -0.4 is 5.32 Å². The second-order valence-corrected chi connectivity index (χ2v) is 5.18. The van der Waals surface area contributed by atoms with Crippen molar-refractivity contribution < 1.29 is 9.59 Å². The predicted molar refractivity (Wildman–Crippen MR) is 69.1 cm³/mol. The van der Waals surface area contributed by atoms with Crippen LogP contribution in [-0.2, 0) is 9.59 Å². The highest BCUT2D eigenvalue weighted by Crippen LogP contribution is 2.13. The maximum Gasteiger partial charge on any atom is 0.242 e. The number of likely N-dealkylation sites (tertiary alicyclic amines) is 2. The van der Waals surface area contributed by atoms with Gasteiger partial charge in [0.25, 0.3) is 0 Å². The van der Waals surface area contributed by atoms with Crippen molar-refractivity contribution in [3.05, 3.63) is 0 Å². The molecule has 2 heterocycles. The topological polar surface area (TPSA) is 52.7 Å². The van der Waals surface area contributed by atoms with Gasteiger partial charge in [-0.3, -0.25) is 9.59 Å². The van der Waals surface area contributed by atoms with Crippen molar-refractivity contribution in [1.82, 2.24) is 15.1 Å². The molecule has 0 spiro atoms. The molecule has 0 saturated carbocycles. The minimum Gasteiger partial charge on any atom is -0.341 e. The summed E-state index contributed by atoms with van der Waals surface area (Å²) < 4.78 is 0. The molecule has 1 unspecified atom stereocenters. The van der Waals surface area contributed by atoms with Crippen molar-refractivity contribution in [1.29, 1.82) is 0 Å². The fourth-order valence-corrected chi connectivity index (χ4v) is 2.76. The van der Waals surface area contributed by atoms with Gasteiger partial charge in [-0.2, -0.15) is 0 Å². The quantitative estimate of drug-likeness (QED) is 0.782. The lowest BCUT2D eigenvalue weighted by Gasteiger charge is -2.26. The van der Waals surface area contributed by atoms with Crippen LogP contribution in [0.4, 0.5) is 0 Å². The minimum absolute atomic E-state index is 0.0857. The molecule has 5 heteroatoms. The van der Waals surface area contributed by atoms with E-state index in [4.69, 9.17) is 0 Å². The van der Waals surface area contributed by atoms with Crippen LogP contribution in [0.5, 0.6) is 0 Å². The Labute approximate surface area is 108 Å². The van der Waals surface area contributed by atoms with Crippen LogP contribution in [-0.4, -0.2) is 60.9 Å². The summed E-state index contributed by atoms with van der Waals surface area (Å²) in [5.74, 6) is 0.195. The van der Waals surface area contributed by atoms with Crippen LogP contribution >= 0.6 is 0 Å². The zero-order chi connectivity index (χ0) is 13.0. The Bertz CT molecular complexity index is 313. The van der Waals surface area contributed by atoms with Gasteiger partial charge < -0.3 is 15.1 Å². The average molecular weight is 253 g/mol. The molecule has 2 rings (SSSR count). The van der Waals surface area contributed by atoms with Crippen LogP contribution in [0, 0.1) is 0 Å². The maximum atomic E-state index is 12.2. The monoisotopic (exact) mass is 253 g/mol. The van der Waals surface area contributed by atoms with E-state index in [0.29, 0.717) is 0 Å². The lowest BCUT2D eigenvalue weighted by molar-refractivity contribution is -0.140. The summed E-state index contributed by atoms with van der Waals surface area (Å²) in [4.78, 5) is 27.9. The molecule has 1 N–H and O–H groups in total. The van der Waals surface area contributed by atoms with Crippen molar-refractivity contribution in [2.24, 2.45) is 0 Å². The second kappa shape index (κ2) is 6.18. The fourth-order valence-electron chi connectivity index (χ4n) is 2.76. The summed E-state index contributed by atoms with van der Waals surface area (Å²) in [6, 6.07) is -0.112. The molecule has 2 aliphatic rings. The summed E-state index contributed by atoms with van der Waals surface area (Å²) >= 11 is 0. The molecule has 2 amide bonds. The standard InChI is InChI=1S/C13H23N3O2/c1-14-11-6-2-3-9-16(13(11)18)10-12(17)15-7-4-5-8-15/h11,14H,2-10H2,1H3. The van der Waals surface area contributed by atoms with Crippen LogP contribution in [0.3, 0.4) is 0 Å². The van der Waals surface area contributed by atoms with Gasteiger partial charge in [-0.1, -0.05) is 0 Å². The number of hydrogen-bond donors (Lipinski definition) is 1. The molecule has 0 aromatic rings. The predicted octanol–water partition coefficient (Wildman–Crippen LogP) is 0.209. The van der Waals surface area contributed by atoms with Gasteiger partial charge in [-0.15, -0.1) is 0 Å². The van der Waals surface area contributed by atoms with E-state index in [9.17, 15) is 9.59 Å². The first kappa shape index (κ1) is 13.3. The van der Waals surface area contributed by atoms with Crippen molar-refractivity contribution in [3.8, 4) is 0 Å². The van der Waals surface area contributed by atoms with E-state index in [1.165, 1.54) is 0 Å². The molecule has 2 aliphatic heterocycles. The molecule has 102 valence electrons. The number of carbonyl (C=O) groups excluding carboxylic acids is 2. The van der Waals surface area contributed by atoms with E-state index < -0.39 is 0 Å². The largest absolute Gasteiger partial charge is 0.341 e. The first-order chi connectivity index (χ1) is 8.72. The molecule has 18 heavy (non-hydrogen) atoms. The summed E-state index contributed by atoms with van der Waals surface area (Å²) in [7, 11) is 1.81. The first-order valence-electron chi connectivity index (χ1n) is 6.96. The van der Waals surface area contributed by atoms with Gasteiger partial charge in [0, 0.05) is 19.6 Å². The Morgan fingerprint density at radius 3 is 2.56 bits per heavy atom. The zero-order valence-electron chi connectivity index (χ0n) is 11.2. The van der Waals surface area contributed by atoms with Gasteiger partial charge in [0.15, 0.2) is 0 Å². The summed E-state index contributed by atoms with van der Waals surface area (Å²) in [5.41, 5.74) is 0. The average Bonchev–Trinajstić information content (AvgIpc) is 2.85. The molecule has 1 atom stereocenters. The maximum absolute atomic E-state index is 12.2. The number of nitrogens with zero attached hydrogens (tertiary/aromatic N) is 2. The molecule has 0 radical (unpaired) electrons. The number of likely N-dealkylation sites (N-methyl/N-ethyl adjacent to an activating group) is 1. The molecule has 2 fully saturated rings. The third kappa shape index (κ3) is 3.02. The van der Waals surface area contributed by atoms with E-state index in [2.05, 4.69) is 5.32 Å². The number of rotatable bonds is 3. The number of hydrogen-bond acceptors (Lipinski definition) is 3. The van der Waals surface area contributed by atoms with E-state index in [1.807, 2.05) is 11.9 Å². The number of amides is 2. The van der Waals surface area contributed by atoms with Gasteiger partial charge in [0.05, 0.1) is 12.6 Å². The van der Waals surface area contributed by atoms with Crippen molar-refractivity contribution in [2.75, 3.05) is 33.2 Å².